The maximum atomic E-state index is 4.58. The van der Waals surface area contributed by atoms with Gasteiger partial charge in [-0.3, -0.25) is 4.99 Å². The van der Waals surface area contributed by atoms with Gasteiger partial charge in [0.15, 0.2) is 5.17 Å². The first-order valence-corrected chi connectivity index (χ1v) is 6.68. The van der Waals surface area contributed by atoms with Crippen molar-refractivity contribution < 1.29 is 0 Å². The zero-order valence-corrected chi connectivity index (χ0v) is 9.94. The molecule has 0 aromatic carbocycles. The van der Waals surface area contributed by atoms with E-state index in [9.17, 15) is 0 Å². The average molecular weight is 212 g/mol. The van der Waals surface area contributed by atoms with Gasteiger partial charge in [0.1, 0.15) is 0 Å². The lowest BCUT2D eigenvalue weighted by molar-refractivity contribution is 0.487. The molecular formula is C11H20N2S. The molecule has 14 heavy (non-hydrogen) atoms. The van der Waals surface area contributed by atoms with Crippen LogP contribution in [-0.2, 0) is 0 Å². The van der Waals surface area contributed by atoms with Crippen molar-refractivity contribution in [1.82, 2.24) is 5.32 Å². The number of hydrogen-bond donors (Lipinski definition) is 1. The molecule has 80 valence electrons. The molecule has 1 N–H and O–H groups in total. The Morgan fingerprint density at radius 1 is 1.36 bits per heavy atom. The predicted octanol–water partition coefficient (Wildman–Crippen LogP) is 2.50. The van der Waals surface area contributed by atoms with Gasteiger partial charge in [0.25, 0.3) is 0 Å². The minimum atomic E-state index is 0.689. The first kappa shape index (κ1) is 10.3. The molecule has 1 heterocycles. The molecule has 2 aliphatic rings. The van der Waals surface area contributed by atoms with E-state index < -0.39 is 0 Å². The number of thioether (sulfide) groups is 1. The monoisotopic (exact) mass is 212 g/mol. The molecule has 0 spiro atoms. The van der Waals surface area contributed by atoms with Gasteiger partial charge < -0.3 is 5.32 Å². The molecule has 0 amide bonds. The van der Waals surface area contributed by atoms with E-state index in [0.29, 0.717) is 6.04 Å². The van der Waals surface area contributed by atoms with Crippen molar-refractivity contribution in [1.29, 1.82) is 0 Å². The van der Waals surface area contributed by atoms with Crippen LogP contribution < -0.4 is 5.32 Å². The summed E-state index contributed by atoms with van der Waals surface area (Å²) in [6.45, 7) is 5.63. The molecule has 2 nitrogen and oxygen atoms in total. The van der Waals surface area contributed by atoms with Crippen LogP contribution in [0.15, 0.2) is 4.99 Å². The van der Waals surface area contributed by atoms with E-state index in [4.69, 9.17) is 0 Å². The smallest absolute Gasteiger partial charge is 0.156 e. The number of nitrogens with one attached hydrogen (secondary N) is 1. The molecule has 0 bridgehead atoms. The Bertz CT molecular complexity index is 227. The number of amidine groups is 1. The van der Waals surface area contributed by atoms with Gasteiger partial charge in [-0.1, -0.05) is 32.0 Å². The van der Waals surface area contributed by atoms with Gasteiger partial charge in [-0.15, -0.1) is 0 Å². The third kappa shape index (κ3) is 2.44. The van der Waals surface area contributed by atoms with Crippen molar-refractivity contribution in [3.63, 3.8) is 0 Å². The van der Waals surface area contributed by atoms with Crippen molar-refractivity contribution in [2.24, 2.45) is 16.8 Å². The Kier molecular flexibility index (Phi) is 3.37. The fourth-order valence-electron chi connectivity index (χ4n) is 2.16. The van der Waals surface area contributed by atoms with Crippen molar-refractivity contribution in [2.45, 2.75) is 39.2 Å². The highest BCUT2D eigenvalue weighted by Crippen LogP contribution is 2.26. The highest BCUT2D eigenvalue weighted by Gasteiger charge is 2.25. The highest BCUT2D eigenvalue weighted by atomic mass is 32.2. The summed E-state index contributed by atoms with van der Waals surface area (Å²) in [6, 6.07) is 0.689. The lowest BCUT2D eigenvalue weighted by Gasteiger charge is -2.23. The predicted molar refractivity (Wildman–Crippen MR) is 63.9 cm³/mol. The molecule has 0 radical (unpaired) electrons. The summed E-state index contributed by atoms with van der Waals surface area (Å²) in [5, 5.41) is 4.80. The van der Waals surface area contributed by atoms with Gasteiger partial charge in [0, 0.05) is 18.3 Å². The zero-order chi connectivity index (χ0) is 9.97. The van der Waals surface area contributed by atoms with Crippen molar-refractivity contribution in [3.05, 3.63) is 0 Å². The van der Waals surface area contributed by atoms with Crippen LogP contribution in [0.25, 0.3) is 0 Å². The number of hydrogen-bond acceptors (Lipinski definition) is 3. The fraction of sp³-hybridized carbons (Fsp3) is 0.909. The molecule has 1 fully saturated rings. The summed E-state index contributed by atoms with van der Waals surface area (Å²) in [7, 11) is 0. The van der Waals surface area contributed by atoms with E-state index >= 15 is 0 Å². The quantitative estimate of drug-likeness (QED) is 0.722. The summed E-state index contributed by atoms with van der Waals surface area (Å²) in [6.07, 6.45) is 4.09. The van der Waals surface area contributed by atoms with Crippen LogP contribution in [0.5, 0.6) is 0 Å². The molecule has 0 aromatic rings. The first-order chi connectivity index (χ1) is 6.75. The first-order valence-electron chi connectivity index (χ1n) is 5.69. The molecule has 2 rings (SSSR count). The van der Waals surface area contributed by atoms with Gasteiger partial charge >= 0.3 is 0 Å². The van der Waals surface area contributed by atoms with Crippen LogP contribution in [0.1, 0.15) is 33.1 Å². The summed E-state index contributed by atoms with van der Waals surface area (Å²) in [4.78, 5) is 4.58. The van der Waals surface area contributed by atoms with E-state index in [2.05, 4.69) is 24.2 Å². The zero-order valence-electron chi connectivity index (χ0n) is 9.12. The molecule has 1 aliphatic heterocycles. The normalized spacial score (nSPS) is 38.1. The van der Waals surface area contributed by atoms with Crippen LogP contribution in [0.2, 0.25) is 0 Å². The Labute approximate surface area is 90.9 Å². The SMILES string of the molecule is CC1CN=C(NC2CCCC2C)SC1. The molecule has 1 saturated carbocycles. The average Bonchev–Trinajstić information content (AvgIpc) is 2.56. The molecule has 3 atom stereocenters. The Balaban J connectivity index is 1.85. The standard InChI is InChI=1S/C11H20N2S/c1-8-6-12-11(14-7-8)13-10-5-3-4-9(10)2/h8-10H,3-7H2,1-2H3,(H,12,13). The second-order valence-electron chi connectivity index (χ2n) is 4.72. The Morgan fingerprint density at radius 2 is 2.21 bits per heavy atom. The van der Waals surface area contributed by atoms with E-state index in [1.165, 1.54) is 30.2 Å². The second-order valence-corrected chi connectivity index (χ2v) is 5.73. The largest absolute Gasteiger partial charge is 0.362 e. The van der Waals surface area contributed by atoms with Crippen molar-refractivity contribution in [2.75, 3.05) is 12.3 Å². The number of nitrogens with zero attached hydrogens (tertiary/aromatic N) is 1. The maximum absolute atomic E-state index is 4.58. The van der Waals surface area contributed by atoms with E-state index in [0.717, 1.165) is 18.4 Å². The highest BCUT2D eigenvalue weighted by molar-refractivity contribution is 8.13. The molecule has 0 saturated heterocycles. The number of aliphatic imine (C=N–C) groups is 1. The molecule has 0 aromatic heterocycles. The minimum Gasteiger partial charge on any atom is -0.362 e. The van der Waals surface area contributed by atoms with Crippen LogP contribution in [0, 0.1) is 11.8 Å². The topological polar surface area (TPSA) is 24.4 Å². The van der Waals surface area contributed by atoms with Crippen molar-refractivity contribution >= 4 is 16.9 Å². The van der Waals surface area contributed by atoms with Crippen LogP contribution in [-0.4, -0.2) is 23.5 Å². The second kappa shape index (κ2) is 4.56. The van der Waals surface area contributed by atoms with Gasteiger partial charge in [0.05, 0.1) is 0 Å². The molecular weight excluding hydrogens is 192 g/mol. The van der Waals surface area contributed by atoms with Gasteiger partial charge in [-0.25, -0.2) is 0 Å². The van der Waals surface area contributed by atoms with Gasteiger partial charge in [-0.2, -0.15) is 0 Å². The molecule has 3 unspecified atom stereocenters. The van der Waals surface area contributed by atoms with Crippen LogP contribution in [0.3, 0.4) is 0 Å². The summed E-state index contributed by atoms with van der Waals surface area (Å²) in [5.74, 6) is 2.82. The third-order valence-electron chi connectivity index (χ3n) is 3.22. The fourth-order valence-corrected chi connectivity index (χ4v) is 3.11. The number of rotatable bonds is 1. The van der Waals surface area contributed by atoms with Crippen LogP contribution >= 0.6 is 11.8 Å². The summed E-state index contributed by atoms with van der Waals surface area (Å²) < 4.78 is 0. The van der Waals surface area contributed by atoms with E-state index in [1.807, 2.05) is 11.8 Å². The van der Waals surface area contributed by atoms with Crippen LogP contribution in [0.4, 0.5) is 0 Å². The van der Waals surface area contributed by atoms with Crippen molar-refractivity contribution in [3.8, 4) is 0 Å². The maximum Gasteiger partial charge on any atom is 0.156 e. The van der Waals surface area contributed by atoms with E-state index in [1.54, 1.807) is 0 Å². The minimum absolute atomic E-state index is 0.689. The molecule has 3 heteroatoms. The Hall–Kier alpha value is -0.180. The lowest BCUT2D eigenvalue weighted by Crippen LogP contribution is -2.36. The molecule has 1 aliphatic carbocycles. The summed E-state index contributed by atoms with van der Waals surface area (Å²) >= 11 is 1.90. The van der Waals surface area contributed by atoms with Gasteiger partial charge in [0.2, 0.25) is 0 Å². The third-order valence-corrected chi connectivity index (χ3v) is 4.48. The Morgan fingerprint density at radius 3 is 2.79 bits per heavy atom. The summed E-state index contributed by atoms with van der Waals surface area (Å²) in [5.41, 5.74) is 0. The van der Waals surface area contributed by atoms with E-state index in [-0.39, 0.29) is 0 Å². The van der Waals surface area contributed by atoms with Gasteiger partial charge in [-0.05, 0) is 24.7 Å². The lowest BCUT2D eigenvalue weighted by atomic mass is 10.1.